The molecule has 1 N–H and O–H groups in total. The van der Waals surface area contributed by atoms with Gasteiger partial charge in [0.25, 0.3) is 0 Å². The Kier molecular flexibility index (Phi) is 3.30. The van der Waals surface area contributed by atoms with Crippen molar-refractivity contribution < 1.29 is 14.3 Å². The van der Waals surface area contributed by atoms with Gasteiger partial charge in [-0.2, -0.15) is 5.10 Å². The summed E-state index contributed by atoms with van der Waals surface area (Å²) >= 11 is 1.05. The summed E-state index contributed by atoms with van der Waals surface area (Å²) in [7, 11) is 1.75. The van der Waals surface area contributed by atoms with E-state index in [9.17, 15) is 9.18 Å². The highest BCUT2D eigenvalue weighted by molar-refractivity contribution is 7.99. The van der Waals surface area contributed by atoms with E-state index in [0.29, 0.717) is 16.1 Å². The van der Waals surface area contributed by atoms with Gasteiger partial charge in [-0.15, -0.1) is 0 Å². The van der Waals surface area contributed by atoms with Crippen molar-refractivity contribution in [1.82, 2.24) is 19.7 Å². The van der Waals surface area contributed by atoms with E-state index in [2.05, 4.69) is 15.1 Å². The first-order valence-electron chi connectivity index (χ1n) is 5.89. The number of fused-ring (bicyclic) bond motifs is 1. The Morgan fingerprint density at radius 2 is 2.19 bits per heavy atom. The van der Waals surface area contributed by atoms with Gasteiger partial charge in [0.15, 0.2) is 5.65 Å². The van der Waals surface area contributed by atoms with Crippen LogP contribution >= 0.6 is 11.8 Å². The number of benzene rings is 1. The molecule has 0 bridgehead atoms. The van der Waals surface area contributed by atoms with Gasteiger partial charge in [-0.1, -0.05) is 11.8 Å². The van der Waals surface area contributed by atoms with Crippen LogP contribution < -0.4 is 0 Å². The Hall–Kier alpha value is -2.48. The van der Waals surface area contributed by atoms with E-state index in [0.717, 1.165) is 17.8 Å². The molecule has 21 heavy (non-hydrogen) atoms. The minimum atomic E-state index is -1.11. The summed E-state index contributed by atoms with van der Waals surface area (Å²) in [6.45, 7) is 0. The van der Waals surface area contributed by atoms with E-state index in [1.54, 1.807) is 17.9 Å². The topological polar surface area (TPSA) is 80.9 Å². The molecule has 2 aromatic heterocycles. The monoisotopic (exact) mass is 304 g/mol. The molecule has 0 atom stereocenters. The largest absolute Gasteiger partial charge is 0.478 e. The second-order valence-electron chi connectivity index (χ2n) is 4.24. The molecular formula is C13H9FN4O2S. The average molecular weight is 304 g/mol. The van der Waals surface area contributed by atoms with E-state index in [1.165, 1.54) is 18.5 Å². The number of hydrogen-bond acceptors (Lipinski definition) is 5. The van der Waals surface area contributed by atoms with Gasteiger partial charge in [-0.3, -0.25) is 4.68 Å². The van der Waals surface area contributed by atoms with Crippen molar-refractivity contribution in [2.24, 2.45) is 7.05 Å². The van der Waals surface area contributed by atoms with E-state index in [-0.39, 0.29) is 10.5 Å². The second-order valence-corrected chi connectivity index (χ2v) is 5.27. The number of halogens is 1. The first kappa shape index (κ1) is 13.5. The number of rotatable bonds is 3. The minimum Gasteiger partial charge on any atom is -0.478 e. The Morgan fingerprint density at radius 1 is 1.38 bits per heavy atom. The van der Waals surface area contributed by atoms with Crippen molar-refractivity contribution in [3.8, 4) is 0 Å². The number of aryl methyl sites for hydroxylation is 1. The van der Waals surface area contributed by atoms with E-state index in [4.69, 9.17) is 5.11 Å². The van der Waals surface area contributed by atoms with Gasteiger partial charge in [0.1, 0.15) is 17.2 Å². The Morgan fingerprint density at radius 3 is 2.95 bits per heavy atom. The number of aromatic carboxylic acids is 1. The van der Waals surface area contributed by atoms with Crippen molar-refractivity contribution in [2.45, 2.75) is 9.92 Å². The van der Waals surface area contributed by atoms with Gasteiger partial charge < -0.3 is 5.11 Å². The molecule has 0 aliphatic heterocycles. The highest BCUT2D eigenvalue weighted by Gasteiger charge is 2.14. The Balaban J connectivity index is 2.06. The molecular weight excluding hydrogens is 295 g/mol. The molecule has 1 aromatic carbocycles. The van der Waals surface area contributed by atoms with Crippen LogP contribution in [0.15, 0.2) is 40.6 Å². The number of carboxylic acid groups (broad SMARTS) is 1. The number of carboxylic acids is 1. The normalized spacial score (nSPS) is 11.0. The molecule has 0 fully saturated rings. The maximum atomic E-state index is 13.8. The van der Waals surface area contributed by atoms with Gasteiger partial charge in [0.05, 0.1) is 22.0 Å². The standard InChI is InChI=1S/C13H9FN4O2S/c1-18-11-8(5-17-18)12(16-6-15-11)21-10-4-7(13(19)20)2-3-9(10)14/h2-6H,1H3,(H,19,20). The molecule has 0 aliphatic carbocycles. The minimum absolute atomic E-state index is 0.0235. The fourth-order valence-electron chi connectivity index (χ4n) is 1.84. The number of aromatic nitrogens is 4. The zero-order valence-corrected chi connectivity index (χ0v) is 11.6. The molecule has 6 nitrogen and oxygen atoms in total. The summed E-state index contributed by atoms with van der Waals surface area (Å²) in [5.41, 5.74) is 0.651. The molecule has 106 valence electrons. The zero-order chi connectivity index (χ0) is 15.0. The molecule has 0 saturated carbocycles. The van der Waals surface area contributed by atoms with E-state index in [1.807, 2.05) is 0 Å². The molecule has 8 heteroatoms. The van der Waals surface area contributed by atoms with Crippen molar-refractivity contribution in [3.63, 3.8) is 0 Å². The van der Waals surface area contributed by atoms with Gasteiger partial charge in [0, 0.05) is 7.05 Å². The van der Waals surface area contributed by atoms with Crippen molar-refractivity contribution in [2.75, 3.05) is 0 Å². The number of hydrogen-bond donors (Lipinski definition) is 1. The van der Waals surface area contributed by atoms with Gasteiger partial charge in [-0.05, 0) is 18.2 Å². The first-order valence-corrected chi connectivity index (χ1v) is 6.71. The van der Waals surface area contributed by atoms with Crippen molar-refractivity contribution >= 4 is 28.8 Å². The highest BCUT2D eigenvalue weighted by Crippen LogP contribution is 2.32. The lowest BCUT2D eigenvalue weighted by atomic mass is 10.2. The fourth-order valence-corrected chi connectivity index (χ4v) is 2.75. The quantitative estimate of drug-likeness (QED) is 0.748. The lowest BCUT2D eigenvalue weighted by Gasteiger charge is -2.04. The highest BCUT2D eigenvalue weighted by atomic mass is 32.2. The predicted octanol–water partition coefficient (Wildman–Crippen LogP) is 2.35. The Bertz CT molecular complexity index is 849. The van der Waals surface area contributed by atoms with Crippen molar-refractivity contribution in [3.05, 3.63) is 42.1 Å². The SMILES string of the molecule is Cn1ncc2c(Sc3cc(C(=O)O)ccc3F)ncnc21. The van der Waals surface area contributed by atoms with Crippen molar-refractivity contribution in [1.29, 1.82) is 0 Å². The van der Waals surface area contributed by atoms with Crippen LogP contribution in [0, 0.1) is 5.82 Å². The van der Waals surface area contributed by atoms with Crippen LogP contribution in [0.2, 0.25) is 0 Å². The lowest BCUT2D eigenvalue weighted by Crippen LogP contribution is -1.97. The van der Waals surface area contributed by atoms with Gasteiger partial charge in [0.2, 0.25) is 0 Å². The van der Waals surface area contributed by atoms with Crippen LogP contribution in [-0.2, 0) is 7.05 Å². The molecule has 0 unspecified atom stereocenters. The maximum Gasteiger partial charge on any atom is 0.335 e. The van der Waals surface area contributed by atoms with Crippen LogP contribution in [-0.4, -0.2) is 30.8 Å². The molecule has 0 aliphatic rings. The van der Waals surface area contributed by atoms with Crippen LogP contribution in [0.5, 0.6) is 0 Å². The van der Waals surface area contributed by atoms with E-state index >= 15 is 0 Å². The smallest absolute Gasteiger partial charge is 0.335 e. The summed E-state index contributed by atoms with van der Waals surface area (Å²) in [6.07, 6.45) is 2.96. The molecule has 3 aromatic rings. The van der Waals surface area contributed by atoms with Gasteiger partial charge in [-0.25, -0.2) is 19.2 Å². The second kappa shape index (κ2) is 5.13. The third-order valence-corrected chi connectivity index (χ3v) is 3.93. The average Bonchev–Trinajstić information content (AvgIpc) is 2.84. The van der Waals surface area contributed by atoms with Crippen LogP contribution in [0.4, 0.5) is 4.39 Å². The summed E-state index contributed by atoms with van der Waals surface area (Å²) in [4.78, 5) is 19.4. The van der Waals surface area contributed by atoms with E-state index < -0.39 is 11.8 Å². The molecule has 3 rings (SSSR count). The number of carbonyl (C=O) groups is 1. The van der Waals surface area contributed by atoms with Crippen LogP contribution in [0.3, 0.4) is 0 Å². The predicted molar refractivity (Wildman–Crippen MR) is 73.8 cm³/mol. The third kappa shape index (κ3) is 2.45. The van der Waals surface area contributed by atoms with Crippen LogP contribution in [0.25, 0.3) is 11.0 Å². The molecule has 0 spiro atoms. The molecule has 0 amide bonds. The molecule has 2 heterocycles. The fraction of sp³-hybridized carbons (Fsp3) is 0.0769. The lowest BCUT2D eigenvalue weighted by molar-refractivity contribution is 0.0696. The summed E-state index contributed by atoms with van der Waals surface area (Å²) in [5, 5.41) is 14.3. The summed E-state index contributed by atoms with van der Waals surface area (Å²) in [5.74, 6) is -1.60. The molecule has 0 saturated heterocycles. The maximum absolute atomic E-state index is 13.8. The Labute approximate surface area is 122 Å². The van der Waals surface area contributed by atoms with Crippen LogP contribution in [0.1, 0.15) is 10.4 Å². The summed E-state index contributed by atoms with van der Waals surface area (Å²) in [6, 6.07) is 3.64. The molecule has 0 radical (unpaired) electrons. The third-order valence-electron chi connectivity index (χ3n) is 2.88. The number of nitrogens with zero attached hydrogens (tertiary/aromatic N) is 4. The van der Waals surface area contributed by atoms with Gasteiger partial charge >= 0.3 is 5.97 Å². The zero-order valence-electron chi connectivity index (χ0n) is 10.8. The summed E-state index contributed by atoms with van der Waals surface area (Å²) < 4.78 is 15.4. The first-order chi connectivity index (χ1) is 10.1.